The number of primary amides is 1. The third-order valence-electron chi connectivity index (χ3n) is 8.57. The number of hydrogen-bond donors (Lipinski definition) is 15. The lowest BCUT2D eigenvalue weighted by atomic mass is 10.0. The molecule has 0 fully saturated rings. The molecule has 1 aromatic carbocycles. The fourth-order valence-electron chi connectivity index (χ4n) is 4.07. The lowest BCUT2D eigenvalue weighted by molar-refractivity contribution is -0.163. The van der Waals surface area contributed by atoms with Crippen molar-refractivity contribution < 1.29 is 82.9 Å². The molecular formula is C41H76N10O17. The van der Waals surface area contributed by atoms with E-state index < -0.39 is 115 Å². The summed E-state index contributed by atoms with van der Waals surface area (Å²) in [5.74, 6) is -7.16. The molecule has 0 bridgehead atoms. The number of carboxylic acid groups (broad SMARTS) is 4. The molecule has 0 unspecified atom stereocenters. The van der Waals surface area contributed by atoms with Crippen molar-refractivity contribution in [1.82, 2.24) is 0 Å². The molecule has 0 aliphatic carbocycles. The molecule has 9 atom stereocenters. The number of carbonyl (C=O) groups excluding carboxylic acids is 5. The molecule has 0 aliphatic rings. The van der Waals surface area contributed by atoms with Crippen molar-refractivity contribution in [3.8, 4) is 5.75 Å². The Morgan fingerprint density at radius 2 is 1.12 bits per heavy atom. The minimum atomic E-state index is -1.26. The number of aliphatic carboxylic acids is 4. The van der Waals surface area contributed by atoms with Crippen LogP contribution in [-0.4, -0.2) is 147 Å². The molecule has 25 N–H and O–H groups in total. The van der Waals surface area contributed by atoms with Gasteiger partial charge in [-0.05, 0) is 75.1 Å². The smallest absolute Gasteiger partial charge is 0.334 e. The number of amides is 1. The largest absolute Gasteiger partial charge is 0.480 e. The van der Waals surface area contributed by atoms with E-state index in [1.54, 1.807) is 24.3 Å². The fourth-order valence-corrected chi connectivity index (χ4v) is 4.07. The van der Waals surface area contributed by atoms with E-state index in [0.717, 1.165) is 24.8 Å². The minimum absolute atomic E-state index is 0.0213. The van der Waals surface area contributed by atoms with Gasteiger partial charge in [0, 0.05) is 6.42 Å². The second-order valence-corrected chi connectivity index (χ2v) is 15.4. The first-order valence-corrected chi connectivity index (χ1v) is 21.2. The quantitative estimate of drug-likeness (QED) is 0.0193. The van der Waals surface area contributed by atoms with Gasteiger partial charge in [0.25, 0.3) is 0 Å². The first-order valence-electron chi connectivity index (χ1n) is 21.2. The Kier molecular flexibility index (Phi) is 39.7. The highest BCUT2D eigenvalue weighted by Gasteiger charge is 2.24. The number of unbranched alkanes of at least 4 members (excludes halogenated alkanes) is 1. The van der Waals surface area contributed by atoms with Crippen LogP contribution in [-0.2, 0) is 59.0 Å². The molecule has 0 saturated heterocycles. The van der Waals surface area contributed by atoms with Gasteiger partial charge in [-0.3, -0.25) is 28.8 Å². The summed E-state index contributed by atoms with van der Waals surface area (Å²) in [6.07, 6.45) is 3.73. The average molecular weight is 981 g/mol. The maximum Gasteiger partial charge on any atom is 0.334 e. The molecule has 0 spiro atoms. The molecule has 392 valence electrons. The molecule has 1 rings (SSSR count). The normalized spacial score (nSPS) is 14.3. The van der Waals surface area contributed by atoms with E-state index >= 15 is 0 Å². The van der Waals surface area contributed by atoms with Crippen LogP contribution >= 0.6 is 0 Å². The van der Waals surface area contributed by atoms with Crippen molar-refractivity contribution in [3.05, 3.63) is 29.8 Å². The summed E-state index contributed by atoms with van der Waals surface area (Å²) in [5, 5.41) is 41.2. The van der Waals surface area contributed by atoms with Crippen molar-refractivity contribution in [2.24, 2.45) is 69.2 Å². The van der Waals surface area contributed by atoms with Crippen LogP contribution < -0.4 is 62.1 Å². The van der Waals surface area contributed by atoms with Gasteiger partial charge in [0.15, 0.2) is 0 Å². The first kappa shape index (κ1) is 68.8. The van der Waals surface area contributed by atoms with Crippen LogP contribution in [0.2, 0.25) is 0 Å². The van der Waals surface area contributed by atoms with E-state index in [1.807, 2.05) is 27.7 Å². The summed E-state index contributed by atoms with van der Waals surface area (Å²) in [6.45, 7) is 8.61. The predicted molar refractivity (Wildman–Crippen MR) is 245 cm³/mol. The summed E-state index contributed by atoms with van der Waals surface area (Å²) in [6, 6.07) is -0.872. The highest BCUT2D eigenvalue weighted by Crippen LogP contribution is 2.15. The number of aliphatic hydroxyl groups is 1. The molecule has 1 aromatic rings. The van der Waals surface area contributed by atoms with Crippen molar-refractivity contribution in [2.75, 3.05) is 19.8 Å². The molecule has 27 nitrogen and oxygen atoms in total. The average Bonchev–Trinajstić information content (AvgIpc) is 3.27. The summed E-state index contributed by atoms with van der Waals surface area (Å²) in [5.41, 5.74) is 53.4. The van der Waals surface area contributed by atoms with E-state index in [4.69, 9.17) is 92.3 Å². The second kappa shape index (κ2) is 39.3. The van der Waals surface area contributed by atoms with Crippen molar-refractivity contribution in [3.63, 3.8) is 0 Å². The Bertz CT molecular complexity index is 1670. The fraction of sp³-hybridized carbons (Fsp3) is 0.634. The van der Waals surface area contributed by atoms with Crippen LogP contribution in [0.1, 0.15) is 85.1 Å². The van der Waals surface area contributed by atoms with E-state index in [0.29, 0.717) is 25.1 Å². The zero-order valence-electron chi connectivity index (χ0n) is 39.3. The second-order valence-electron chi connectivity index (χ2n) is 15.4. The first-order chi connectivity index (χ1) is 31.4. The number of ether oxygens (including phenoxy) is 3. The molecule has 1 amide bonds. The molecule has 0 aliphatic heterocycles. The zero-order valence-corrected chi connectivity index (χ0v) is 39.3. The zero-order chi connectivity index (χ0) is 53.9. The van der Waals surface area contributed by atoms with Gasteiger partial charge < -0.3 is 97.1 Å². The molecule has 27 heteroatoms. The molecule has 0 aromatic heterocycles. The Morgan fingerprint density at radius 1 is 0.603 bits per heavy atom. The highest BCUT2D eigenvalue weighted by atomic mass is 16.6. The van der Waals surface area contributed by atoms with Gasteiger partial charge in [0.1, 0.15) is 60.7 Å². The van der Waals surface area contributed by atoms with Gasteiger partial charge >= 0.3 is 47.8 Å². The van der Waals surface area contributed by atoms with Crippen LogP contribution in [0.25, 0.3) is 0 Å². The van der Waals surface area contributed by atoms with E-state index in [1.165, 1.54) is 6.92 Å². The van der Waals surface area contributed by atoms with Crippen LogP contribution in [0.15, 0.2) is 24.3 Å². The van der Waals surface area contributed by atoms with Crippen molar-refractivity contribution >= 4 is 53.7 Å². The number of rotatable bonds is 25. The van der Waals surface area contributed by atoms with Crippen LogP contribution in [0.3, 0.4) is 0 Å². The number of esters is 4. The highest BCUT2D eigenvalue weighted by molar-refractivity contribution is 5.90. The maximum absolute atomic E-state index is 11.8. The lowest BCUT2D eigenvalue weighted by Gasteiger charge is -2.15. The summed E-state index contributed by atoms with van der Waals surface area (Å²) >= 11 is 0. The van der Waals surface area contributed by atoms with Crippen molar-refractivity contribution in [1.29, 1.82) is 0 Å². The van der Waals surface area contributed by atoms with Crippen molar-refractivity contribution in [2.45, 2.75) is 134 Å². The summed E-state index contributed by atoms with van der Waals surface area (Å²) in [7, 11) is 0. The van der Waals surface area contributed by atoms with Gasteiger partial charge in [0.05, 0.1) is 6.61 Å². The summed E-state index contributed by atoms with van der Waals surface area (Å²) in [4.78, 5) is 96.4. The molecule has 0 saturated carbocycles. The minimum Gasteiger partial charge on any atom is -0.480 e. The third-order valence-corrected chi connectivity index (χ3v) is 8.57. The Labute approximate surface area is 394 Å². The number of carbonyl (C=O) groups is 9. The number of hydrogen-bond acceptors (Lipinski definition) is 22. The van der Waals surface area contributed by atoms with Gasteiger partial charge in [-0.15, -0.1) is 0 Å². The number of carboxylic acids is 4. The van der Waals surface area contributed by atoms with Gasteiger partial charge in [-0.1, -0.05) is 52.7 Å². The number of aliphatic hydroxyl groups excluding tert-OH is 1. The molecule has 0 heterocycles. The molecule has 0 radical (unpaired) electrons. The topological polar surface area (TPSA) is 543 Å². The molecular weight excluding hydrogens is 905 g/mol. The number of nitrogens with two attached hydrogens (primary N) is 10. The predicted octanol–water partition coefficient (Wildman–Crippen LogP) is -3.85. The van der Waals surface area contributed by atoms with Crippen LogP contribution in [0.5, 0.6) is 5.75 Å². The monoisotopic (exact) mass is 981 g/mol. The maximum atomic E-state index is 11.8. The Balaban J connectivity index is -0.000000404. The Hall–Kier alpha value is -5.75. The standard InChI is InChI=1S/C15H23N3O4.C12H23N3O5.C6H13NO2.C5H10N2O3.C3H7NO3/c16-8-2-1-3-12(17)15(21)22-11-6-4-10(5-7-11)9-13(18)14(19)20;1-6(2)4-8(14)11(17)19-5-9(15)12(18)20-10(16)7(3)13;1-3-4(2)5(7)6(8)9;6-3(5(9)10)1-2-4(7)8;4-2(1-5)3(6)7/h4-7,12-13H,1-3,8-9,16-18H2,(H,19,20);6-9H,4-5,13-15H2,1-3H3;4-5H,3,7H2,1-2H3,(H,8,9);3H,1-2,6H2,(H2,7,8)(H,9,10);2,5H,1,4H2,(H,6,7)/t12-,13-;7-,8-,9-;4-,5-;3-;2-/m00000/s1. The third kappa shape index (κ3) is 37.4. The van der Waals surface area contributed by atoms with Gasteiger partial charge in [-0.25, -0.2) is 14.4 Å². The number of benzene rings is 1. The molecule has 68 heavy (non-hydrogen) atoms. The van der Waals surface area contributed by atoms with Crippen LogP contribution in [0.4, 0.5) is 0 Å². The van der Waals surface area contributed by atoms with Crippen LogP contribution in [0, 0.1) is 11.8 Å². The lowest BCUT2D eigenvalue weighted by Crippen LogP contribution is -2.43. The summed E-state index contributed by atoms with van der Waals surface area (Å²) < 4.78 is 14.3. The Morgan fingerprint density at radius 3 is 1.49 bits per heavy atom. The van der Waals surface area contributed by atoms with E-state index in [-0.39, 0.29) is 31.1 Å². The van der Waals surface area contributed by atoms with Gasteiger partial charge in [0.2, 0.25) is 5.91 Å². The van der Waals surface area contributed by atoms with E-state index in [2.05, 4.69) is 4.74 Å². The van der Waals surface area contributed by atoms with E-state index in [9.17, 15) is 43.2 Å². The van der Waals surface area contributed by atoms with Gasteiger partial charge in [-0.2, -0.15) is 0 Å². The SMILES string of the molecule is CC(C)C[C@H](N)C(=O)OC[C@H](N)C(=O)OC(=O)[C@H](C)N.CC[C@H](C)[C@H](N)C(=O)O.NC(=O)CC[C@H](N)C(=O)O.NCCCC[C@H](N)C(=O)Oc1ccc(C[C@H](N)C(=O)O)cc1.N[C@@H](CO)C(=O)O.